The smallest absolute Gasteiger partial charge is 0.291 e. The molecule has 0 atom stereocenters. The summed E-state index contributed by atoms with van der Waals surface area (Å²) in [4.78, 5) is 30.1. The Labute approximate surface area is 166 Å². The van der Waals surface area contributed by atoms with Gasteiger partial charge in [0, 0.05) is 18.8 Å². The number of carbonyl (C=O) groups is 2. The Morgan fingerprint density at radius 1 is 1.18 bits per heavy atom. The highest BCUT2D eigenvalue weighted by molar-refractivity contribution is 6.04. The summed E-state index contributed by atoms with van der Waals surface area (Å²) in [7, 11) is 0. The molecule has 0 fully saturated rings. The lowest BCUT2D eigenvalue weighted by Gasteiger charge is -2.17. The molecule has 1 aliphatic rings. The molecule has 6 heteroatoms. The van der Waals surface area contributed by atoms with E-state index in [0.717, 1.165) is 54.7 Å². The van der Waals surface area contributed by atoms with Gasteiger partial charge in [0.25, 0.3) is 11.8 Å². The maximum absolute atomic E-state index is 12.9. The van der Waals surface area contributed by atoms with Gasteiger partial charge in [-0.25, -0.2) is 4.98 Å². The van der Waals surface area contributed by atoms with E-state index in [4.69, 9.17) is 0 Å². The van der Waals surface area contributed by atoms with Crippen LogP contribution in [0.25, 0.3) is 0 Å². The number of nitrogens with zero attached hydrogens (tertiary/aromatic N) is 2. The molecule has 150 valence electrons. The standard InChI is InChI=1S/C22H30N4O2/c1-14(2)10-11-23-21(27)19-18-7-5-6-12-26(18)20(25-19)22(28)24-17-9-8-15(3)13-16(17)4/h8-9,13-14H,5-7,10-12H2,1-4H3,(H,23,27)(H,24,28). The van der Waals surface area contributed by atoms with Gasteiger partial charge in [-0.15, -0.1) is 0 Å². The lowest BCUT2D eigenvalue weighted by atomic mass is 10.1. The summed E-state index contributed by atoms with van der Waals surface area (Å²) in [5.41, 5.74) is 4.19. The number of amides is 2. The van der Waals surface area contributed by atoms with E-state index in [1.165, 1.54) is 0 Å². The normalized spacial score (nSPS) is 13.3. The molecule has 1 aromatic carbocycles. The van der Waals surface area contributed by atoms with E-state index in [0.29, 0.717) is 24.0 Å². The van der Waals surface area contributed by atoms with Crippen LogP contribution in [0.5, 0.6) is 0 Å². The Balaban J connectivity index is 1.83. The van der Waals surface area contributed by atoms with Crippen molar-refractivity contribution in [2.75, 3.05) is 11.9 Å². The van der Waals surface area contributed by atoms with Gasteiger partial charge in [0.15, 0.2) is 5.82 Å². The van der Waals surface area contributed by atoms with E-state index in [1.54, 1.807) is 0 Å². The third-order valence-electron chi connectivity index (χ3n) is 5.17. The molecule has 0 radical (unpaired) electrons. The van der Waals surface area contributed by atoms with Crippen LogP contribution in [0.1, 0.15) is 71.0 Å². The lowest BCUT2D eigenvalue weighted by Crippen LogP contribution is -2.27. The average molecular weight is 383 g/mol. The number of hydrogen-bond acceptors (Lipinski definition) is 3. The number of fused-ring (bicyclic) bond motifs is 1. The molecule has 0 spiro atoms. The maximum Gasteiger partial charge on any atom is 0.291 e. The van der Waals surface area contributed by atoms with Gasteiger partial charge in [0.1, 0.15) is 5.69 Å². The minimum Gasteiger partial charge on any atom is -0.351 e. The summed E-state index contributed by atoms with van der Waals surface area (Å²) in [6.07, 6.45) is 3.69. The first kappa shape index (κ1) is 20.1. The summed E-state index contributed by atoms with van der Waals surface area (Å²) >= 11 is 0. The molecule has 1 aliphatic heterocycles. The first-order valence-corrected chi connectivity index (χ1v) is 10.1. The van der Waals surface area contributed by atoms with Crippen molar-refractivity contribution in [3.05, 3.63) is 46.5 Å². The van der Waals surface area contributed by atoms with Crippen LogP contribution in [0, 0.1) is 19.8 Å². The van der Waals surface area contributed by atoms with Gasteiger partial charge < -0.3 is 15.2 Å². The minimum atomic E-state index is -0.267. The van der Waals surface area contributed by atoms with Gasteiger partial charge in [-0.1, -0.05) is 31.5 Å². The van der Waals surface area contributed by atoms with E-state index < -0.39 is 0 Å². The van der Waals surface area contributed by atoms with Crippen LogP contribution < -0.4 is 10.6 Å². The van der Waals surface area contributed by atoms with E-state index in [2.05, 4.69) is 29.5 Å². The highest BCUT2D eigenvalue weighted by Gasteiger charge is 2.27. The third-order valence-corrected chi connectivity index (χ3v) is 5.17. The van der Waals surface area contributed by atoms with Gasteiger partial charge in [0.05, 0.1) is 5.69 Å². The SMILES string of the molecule is Cc1ccc(NC(=O)c2nc(C(=O)NCCC(C)C)c3n2CCCC3)c(C)c1. The zero-order valence-electron chi connectivity index (χ0n) is 17.3. The second-order valence-corrected chi connectivity index (χ2v) is 8.05. The number of anilines is 1. The number of nitrogens with one attached hydrogen (secondary N) is 2. The summed E-state index contributed by atoms with van der Waals surface area (Å²) in [5, 5.41) is 5.91. The van der Waals surface area contributed by atoms with Crippen LogP contribution in [-0.2, 0) is 13.0 Å². The molecule has 1 aromatic heterocycles. The average Bonchev–Trinajstić information content (AvgIpc) is 3.03. The highest BCUT2D eigenvalue weighted by Crippen LogP contribution is 2.23. The van der Waals surface area contributed by atoms with Crippen LogP contribution in [0.4, 0.5) is 5.69 Å². The van der Waals surface area contributed by atoms with Crippen molar-refractivity contribution < 1.29 is 9.59 Å². The van der Waals surface area contributed by atoms with E-state index in [9.17, 15) is 9.59 Å². The van der Waals surface area contributed by atoms with Gasteiger partial charge >= 0.3 is 0 Å². The van der Waals surface area contributed by atoms with E-state index in [-0.39, 0.29) is 11.8 Å². The Kier molecular flexibility index (Phi) is 6.17. The highest BCUT2D eigenvalue weighted by atomic mass is 16.2. The van der Waals surface area contributed by atoms with Gasteiger partial charge in [0.2, 0.25) is 0 Å². The van der Waals surface area contributed by atoms with Crippen molar-refractivity contribution in [3.8, 4) is 0 Å². The Bertz CT molecular complexity index is 883. The topological polar surface area (TPSA) is 76.0 Å². The predicted molar refractivity (Wildman–Crippen MR) is 111 cm³/mol. The monoisotopic (exact) mass is 382 g/mol. The first-order valence-electron chi connectivity index (χ1n) is 10.1. The molecule has 6 nitrogen and oxygen atoms in total. The van der Waals surface area contributed by atoms with Gasteiger partial charge in [-0.3, -0.25) is 9.59 Å². The summed E-state index contributed by atoms with van der Waals surface area (Å²) < 4.78 is 1.92. The molecule has 0 saturated heterocycles. The zero-order valence-corrected chi connectivity index (χ0v) is 17.3. The lowest BCUT2D eigenvalue weighted by molar-refractivity contribution is 0.0946. The predicted octanol–water partition coefficient (Wildman–Crippen LogP) is 3.86. The first-order chi connectivity index (χ1) is 13.4. The largest absolute Gasteiger partial charge is 0.351 e. The van der Waals surface area contributed by atoms with Gasteiger partial charge in [-0.05, 0) is 57.1 Å². The molecule has 2 heterocycles. The molecule has 2 aromatic rings. The Morgan fingerprint density at radius 3 is 2.68 bits per heavy atom. The van der Waals surface area contributed by atoms with Crippen molar-refractivity contribution in [1.82, 2.24) is 14.9 Å². The van der Waals surface area contributed by atoms with Gasteiger partial charge in [-0.2, -0.15) is 0 Å². The number of benzene rings is 1. The fourth-order valence-electron chi connectivity index (χ4n) is 3.59. The Morgan fingerprint density at radius 2 is 1.96 bits per heavy atom. The van der Waals surface area contributed by atoms with Crippen molar-refractivity contribution in [2.45, 2.75) is 59.9 Å². The number of rotatable bonds is 6. The van der Waals surface area contributed by atoms with Crippen LogP contribution in [0.3, 0.4) is 0 Å². The number of aromatic nitrogens is 2. The molecule has 28 heavy (non-hydrogen) atoms. The second kappa shape index (κ2) is 8.59. The zero-order chi connectivity index (χ0) is 20.3. The van der Waals surface area contributed by atoms with E-state index >= 15 is 0 Å². The quantitative estimate of drug-likeness (QED) is 0.796. The molecule has 2 N–H and O–H groups in total. The maximum atomic E-state index is 12.9. The summed E-state index contributed by atoms with van der Waals surface area (Å²) in [6.45, 7) is 9.58. The molecule has 0 bridgehead atoms. The van der Waals surface area contributed by atoms with Crippen LogP contribution in [0.15, 0.2) is 18.2 Å². The van der Waals surface area contributed by atoms with Crippen LogP contribution in [-0.4, -0.2) is 27.9 Å². The molecule has 3 rings (SSSR count). The number of hydrogen-bond donors (Lipinski definition) is 2. The minimum absolute atomic E-state index is 0.183. The third kappa shape index (κ3) is 4.43. The molecular formula is C22H30N4O2. The molecular weight excluding hydrogens is 352 g/mol. The van der Waals surface area contributed by atoms with Crippen molar-refractivity contribution >= 4 is 17.5 Å². The fraction of sp³-hybridized carbons (Fsp3) is 0.500. The second-order valence-electron chi connectivity index (χ2n) is 8.05. The van der Waals surface area contributed by atoms with Crippen molar-refractivity contribution in [3.63, 3.8) is 0 Å². The number of carbonyl (C=O) groups excluding carboxylic acids is 2. The van der Waals surface area contributed by atoms with Crippen molar-refractivity contribution in [1.29, 1.82) is 0 Å². The van der Waals surface area contributed by atoms with Crippen molar-refractivity contribution in [2.24, 2.45) is 5.92 Å². The molecule has 0 saturated carbocycles. The summed E-state index contributed by atoms with van der Waals surface area (Å²) in [6, 6.07) is 5.91. The van der Waals surface area contributed by atoms with Crippen LogP contribution in [0.2, 0.25) is 0 Å². The molecule has 0 unspecified atom stereocenters. The van der Waals surface area contributed by atoms with Crippen LogP contribution >= 0.6 is 0 Å². The molecule has 0 aliphatic carbocycles. The number of aryl methyl sites for hydroxylation is 2. The number of imidazole rings is 1. The summed E-state index contributed by atoms with van der Waals surface area (Å²) in [5.74, 6) is 0.396. The molecule has 2 amide bonds. The fourth-order valence-corrected chi connectivity index (χ4v) is 3.59. The Hall–Kier alpha value is -2.63. The van der Waals surface area contributed by atoms with E-state index in [1.807, 2.05) is 36.6 Å².